The Bertz CT molecular complexity index is 530. The number of Topliss-reactive ketones (excluding diaryl/α,β-unsaturated/α-hetero) is 1. The molecule has 0 aromatic carbocycles. The van der Waals surface area contributed by atoms with Crippen molar-refractivity contribution in [2.24, 2.45) is 0 Å². The van der Waals surface area contributed by atoms with Crippen LogP contribution in [0.25, 0.3) is 0 Å². The SMILES string of the molecule is CN(C)[C@H]1CCC[C@H](NC(=O)CCC(=O)c2ccc(Cl)s2)C1. The molecule has 2 atom stereocenters. The van der Waals surface area contributed by atoms with Gasteiger partial charge in [-0.15, -0.1) is 11.3 Å². The van der Waals surface area contributed by atoms with E-state index in [0.29, 0.717) is 15.3 Å². The zero-order valence-corrected chi connectivity index (χ0v) is 14.7. The van der Waals surface area contributed by atoms with Crippen molar-refractivity contribution in [3.8, 4) is 0 Å². The van der Waals surface area contributed by atoms with Crippen LogP contribution in [0.1, 0.15) is 48.2 Å². The number of ketones is 1. The van der Waals surface area contributed by atoms with Crippen LogP contribution >= 0.6 is 22.9 Å². The molecule has 1 aliphatic carbocycles. The van der Waals surface area contributed by atoms with E-state index in [0.717, 1.165) is 19.3 Å². The predicted octanol–water partition coefficient (Wildman–Crippen LogP) is 3.35. The Balaban J connectivity index is 1.74. The molecule has 1 fully saturated rings. The van der Waals surface area contributed by atoms with E-state index in [1.807, 2.05) is 0 Å². The third-order valence-electron chi connectivity index (χ3n) is 4.17. The largest absolute Gasteiger partial charge is 0.353 e. The van der Waals surface area contributed by atoms with E-state index in [-0.39, 0.29) is 30.6 Å². The van der Waals surface area contributed by atoms with Crippen molar-refractivity contribution in [2.45, 2.75) is 50.6 Å². The van der Waals surface area contributed by atoms with Gasteiger partial charge in [0.2, 0.25) is 5.91 Å². The van der Waals surface area contributed by atoms with Crippen LogP contribution in [0.5, 0.6) is 0 Å². The molecule has 6 heteroatoms. The molecule has 1 saturated carbocycles. The molecule has 0 aliphatic heterocycles. The number of halogens is 1. The number of nitrogens with one attached hydrogen (secondary N) is 1. The Labute approximate surface area is 140 Å². The van der Waals surface area contributed by atoms with Crippen molar-refractivity contribution >= 4 is 34.6 Å². The lowest BCUT2D eigenvalue weighted by atomic mass is 9.90. The molecule has 0 unspecified atom stereocenters. The molecule has 0 bridgehead atoms. The fraction of sp³-hybridized carbons (Fsp3) is 0.625. The average Bonchev–Trinajstić information content (AvgIpc) is 2.91. The second kappa shape index (κ2) is 8.09. The van der Waals surface area contributed by atoms with Crippen molar-refractivity contribution in [1.29, 1.82) is 0 Å². The maximum atomic E-state index is 12.0. The van der Waals surface area contributed by atoms with Crippen LogP contribution in [-0.2, 0) is 4.79 Å². The Morgan fingerprint density at radius 2 is 2.09 bits per heavy atom. The molecule has 0 spiro atoms. The quantitative estimate of drug-likeness (QED) is 0.806. The number of carbonyl (C=O) groups excluding carboxylic acids is 2. The third kappa shape index (κ3) is 5.07. The first-order valence-corrected chi connectivity index (χ1v) is 8.89. The molecule has 2 rings (SSSR count). The fourth-order valence-electron chi connectivity index (χ4n) is 2.88. The van der Waals surface area contributed by atoms with Crippen molar-refractivity contribution in [3.63, 3.8) is 0 Å². The van der Waals surface area contributed by atoms with Gasteiger partial charge in [-0.1, -0.05) is 11.6 Å². The molecule has 4 nitrogen and oxygen atoms in total. The summed E-state index contributed by atoms with van der Waals surface area (Å²) >= 11 is 7.08. The van der Waals surface area contributed by atoms with Crippen molar-refractivity contribution in [3.05, 3.63) is 21.3 Å². The second-order valence-electron chi connectivity index (χ2n) is 6.08. The first-order chi connectivity index (χ1) is 10.5. The third-order valence-corrected chi connectivity index (χ3v) is 5.44. The molecule has 1 aromatic heterocycles. The van der Waals surface area contributed by atoms with Gasteiger partial charge in [0.25, 0.3) is 0 Å². The summed E-state index contributed by atoms with van der Waals surface area (Å²) in [6.07, 6.45) is 4.85. The fourth-order valence-corrected chi connectivity index (χ4v) is 3.89. The Hall–Kier alpha value is -0.910. The van der Waals surface area contributed by atoms with Crippen molar-refractivity contribution in [2.75, 3.05) is 14.1 Å². The minimum absolute atomic E-state index is 0.0122. The highest BCUT2D eigenvalue weighted by Crippen LogP contribution is 2.23. The molecule has 1 amide bonds. The highest BCUT2D eigenvalue weighted by atomic mass is 35.5. The highest BCUT2D eigenvalue weighted by molar-refractivity contribution is 7.18. The molecular weight excluding hydrogens is 320 g/mol. The number of rotatable bonds is 6. The summed E-state index contributed by atoms with van der Waals surface area (Å²) in [5.41, 5.74) is 0. The van der Waals surface area contributed by atoms with Crippen LogP contribution < -0.4 is 5.32 Å². The minimum Gasteiger partial charge on any atom is -0.353 e. The number of nitrogens with zero attached hydrogens (tertiary/aromatic N) is 1. The first-order valence-electron chi connectivity index (χ1n) is 7.70. The van der Waals surface area contributed by atoms with Crippen LogP contribution in [-0.4, -0.2) is 42.8 Å². The van der Waals surface area contributed by atoms with E-state index >= 15 is 0 Å². The molecule has 22 heavy (non-hydrogen) atoms. The smallest absolute Gasteiger partial charge is 0.220 e. The van der Waals surface area contributed by atoms with Gasteiger partial charge in [-0.05, 0) is 51.9 Å². The maximum absolute atomic E-state index is 12.0. The second-order valence-corrected chi connectivity index (χ2v) is 7.79. The molecular formula is C16H23ClN2O2S. The Morgan fingerprint density at radius 1 is 1.32 bits per heavy atom. The van der Waals surface area contributed by atoms with Crippen LogP contribution in [0.2, 0.25) is 4.34 Å². The molecule has 1 aromatic rings. The maximum Gasteiger partial charge on any atom is 0.220 e. The standard InChI is InChI=1S/C16H23ClN2O2S/c1-19(2)12-5-3-4-11(10-12)18-16(21)9-6-13(20)14-7-8-15(17)22-14/h7-8,11-12H,3-6,9-10H2,1-2H3,(H,18,21)/t11-,12-/m0/s1. The number of amides is 1. The lowest BCUT2D eigenvalue weighted by Gasteiger charge is -2.33. The lowest BCUT2D eigenvalue weighted by Crippen LogP contribution is -2.43. The summed E-state index contributed by atoms with van der Waals surface area (Å²) in [5, 5.41) is 3.08. The van der Waals surface area contributed by atoms with Gasteiger partial charge in [0.1, 0.15) is 0 Å². The monoisotopic (exact) mass is 342 g/mol. The zero-order valence-electron chi connectivity index (χ0n) is 13.1. The van der Waals surface area contributed by atoms with Gasteiger partial charge >= 0.3 is 0 Å². The molecule has 1 heterocycles. The molecule has 1 aliphatic rings. The van der Waals surface area contributed by atoms with E-state index in [2.05, 4.69) is 24.3 Å². The average molecular weight is 343 g/mol. The van der Waals surface area contributed by atoms with Gasteiger partial charge in [0.05, 0.1) is 9.21 Å². The van der Waals surface area contributed by atoms with Gasteiger partial charge in [-0.3, -0.25) is 9.59 Å². The topological polar surface area (TPSA) is 49.4 Å². The number of carbonyl (C=O) groups is 2. The summed E-state index contributed by atoms with van der Waals surface area (Å²) in [6.45, 7) is 0. The predicted molar refractivity (Wildman–Crippen MR) is 90.8 cm³/mol. The van der Waals surface area contributed by atoms with Crippen molar-refractivity contribution in [1.82, 2.24) is 10.2 Å². The lowest BCUT2D eigenvalue weighted by molar-refractivity contribution is -0.122. The van der Waals surface area contributed by atoms with E-state index < -0.39 is 0 Å². The van der Waals surface area contributed by atoms with E-state index in [4.69, 9.17) is 11.6 Å². The van der Waals surface area contributed by atoms with Gasteiger partial charge in [0.15, 0.2) is 5.78 Å². The van der Waals surface area contributed by atoms with Crippen LogP contribution in [0.15, 0.2) is 12.1 Å². The van der Waals surface area contributed by atoms with Crippen molar-refractivity contribution < 1.29 is 9.59 Å². The molecule has 122 valence electrons. The summed E-state index contributed by atoms with van der Waals surface area (Å²) in [6, 6.07) is 4.20. The number of hydrogen-bond donors (Lipinski definition) is 1. The van der Waals surface area contributed by atoms with Gasteiger partial charge in [-0.25, -0.2) is 0 Å². The molecule has 1 N–H and O–H groups in total. The van der Waals surface area contributed by atoms with Gasteiger partial charge in [-0.2, -0.15) is 0 Å². The van der Waals surface area contributed by atoms with Gasteiger partial charge in [0, 0.05) is 24.9 Å². The van der Waals surface area contributed by atoms with E-state index in [1.165, 1.54) is 17.8 Å². The molecule has 0 radical (unpaired) electrons. The van der Waals surface area contributed by atoms with E-state index in [1.54, 1.807) is 12.1 Å². The summed E-state index contributed by atoms with van der Waals surface area (Å²) in [5.74, 6) is -0.0396. The normalized spacial score (nSPS) is 21.8. The van der Waals surface area contributed by atoms with Crippen LogP contribution in [0.4, 0.5) is 0 Å². The summed E-state index contributed by atoms with van der Waals surface area (Å²) < 4.78 is 0.602. The number of hydrogen-bond acceptors (Lipinski definition) is 4. The van der Waals surface area contributed by atoms with Gasteiger partial charge < -0.3 is 10.2 Å². The molecule has 0 saturated heterocycles. The first kappa shape index (κ1) is 17.4. The van der Waals surface area contributed by atoms with Crippen LogP contribution in [0.3, 0.4) is 0 Å². The Morgan fingerprint density at radius 3 is 2.73 bits per heavy atom. The summed E-state index contributed by atoms with van der Waals surface area (Å²) in [7, 11) is 4.17. The highest BCUT2D eigenvalue weighted by Gasteiger charge is 2.24. The van der Waals surface area contributed by atoms with E-state index in [9.17, 15) is 9.59 Å². The summed E-state index contributed by atoms with van der Waals surface area (Å²) in [4.78, 5) is 26.8. The Kier molecular flexibility index (Phi) is 6.41. The number of thiophene rings is 1. The zero-order chi connectivity index (χ0) is 16.1. The minimum atomic E-state index is -0.0274. The van der Waals surface area contributed by atoms with Crippen LogP contribution in [0, 0.1) is 0 Å².